The zero-order chi connectivity index (χ0) is 13.3. The zero-order valence-corrected chi connectivity index (χ0v) is 11.7. The van der Waals surface area contributed by atoms with E-state index in [0.717, 1.165) is 38.4 Å². The maximum atomic E-state index is 12.2. The lowest BCUT2D eigenvalue weighted by Crippen LogP contribution is -2.44. The van der Waals surface area contributed by atoms with Crippen molar-refractivity contribution >= 4 is 5.91 Å². The van der Waals surface area contributed by atoms with Crippen LogP contribution in [0.1, 0.15) is 51.4 Å². The molecule has 0 bridgehead atoms. The highest BCUT2D eigenvalue weighted by atomic mass is 16.3. The number of likely N-dealkylation sites (tertiary alicyclic amines) is 1. The van der Waals surface area contributed by atoms with E-state index < -0.39 is 0 Å². The molecule has 1 unspecified atom stereocenters. The standard InChI is InChI=1S/C15H26N2O2/c18-11-15(7-8-15)16-14(19)12-6-9-17(10-12)13-4-2-1-3-5-13/h12-13,18H,1-11H2,(H,16,19). The SMILES string of the molecule is O=C(NC1(CO)CC1)C1CCN(C2CCCCC2)C1. The van der Waals surface area contributed by atoms with Crippen LogP contribution in [0.2, 0.25) is 0 Å². The average Bonchev–Trinajstić information content (AvgIpc) is 3.04. The van der Waals surface area contributed by atoms with Crippen molar-refractivity contribution in [3.63, 3.8) is 0 Å². The van der Waals surface area contributed by atoms with E-state index in [0.29, 0.717) is 0 Å². The Balaban J connectivity index is 1.49. The summed E-state index contributed by atoms with van der Waals surface area (Å²) < 4.78 is 0. The molecule has 108 valence electrons. The molecule has 19 heavy (non-hydrogen) atoms. The normalized spacial score (nSPS) is 31.3. The molecule has 1 saturated heterocycles. The van der Waals surface area contributed by atoms with Gasteiger partial charge in [-0.05, 0) is 38.6 Å². The predicted octanol–water partition coefficient (Wildman–Crippen LogP) is 1.28. The first-order chi connectivity index (χ1) is 9.22. The van der Waals surface area contributed by atoms with Crippen LogP contribution >= 0.6 is 0 Å². The molecule has 4 nitrogen and oxygen atoms in total. The Morgan fingerprint density at radius 3 is 2.58 bits per heavy atom. The first-order valence-corrected chi connectivity index (χ1v) is 7.89. The fraction of sp³-hybridized carbons (Fsp3) is 0.933. The van der Waals surface area contributed by atoms with Crippen molar-refractivity contribution in [2.75, 3.05) is 19.7 Å². The number of aliphatic hydroxyl groups excluding tert-OH is 1. The molecule has 3 fully saturated rings. The summed E-state index contributed by atoms with van der Waals surface area (Å²) in [6.45, 7) is 2.10. The fourth-order valence-corrected chi connectivity index (χ4v) is 3.62. The van der Waals surface area contributed by atoms with Gasteiger partial charge in [-0.1, -0.05) is 19.3 Å². The maximum absolute atomic E-state index is 12.2. The van der Waals surface area contributed by atoms with Gasteiger partial charge in [0.2, 0.25) is 5.91 Å². The Morgan fingerprint density at radius 1 is 1.21 bits per heavy atom. The minimum Gasteiger partial charge on any atom is -0.394 e. The second-order valence-corrected chi connectivity index (χ2v) is 6.70. The topological polar surface area (TPSA) is 52.6 Å². The Kier molecular flexibility index (Phi) is 3.81. The first kappa shape index (κ1) is 13.4. The summed E-state index contributed by atoms with van der Waals surface area (Å²) in [5.41, 5.74) is -0.255. The van der Waals surface area contributed by atoms with Crippen molar-refractivity contribution in [2.45, 2.75) is 62.9 Å². The van der Waals surface area contributed by atoms with Crippen LogP contribution in [-0.4, -0.2) is 47.2 Å². The Morgan fingerprint density at radius 2 is 1.95 bits per heavy atom. The molecule has 1 heterocycles. The molecule has 1 atom stereocenters. The molecule has 1 amide bonds. The number of hydrogen-bond donors (Lipinski definition) is 2. The summed E-state index contributed by atoms with van der Waals surface area (Å²) in [5.74, 6) is 0.316. The fourth-order valence-electron chi connectivity index (χ4n) is 3.62. The number of carbonyl (C=O) groups excluding carboxylic acids is 1. The zero-order valence-electron chi connectivity index (χ0n) is 11.7. The summed E-state index contributed by atoms with van der Waals surface area (Å²) in [6, 6.07) is 0.722. The van der Waals surface area contributed by atoms with Crippen LogP contribution in [0.15, 0.2) is 0 Å². The van der Waals surface area contributed by atoms with Gasteiger partial charge in [0.25, 0.3) is 0 Å². The quantitative estimate of drug-likeness (QED) is 0.806. The molecule has 2 aliphatic carbocycles. The third kappa shape index (κ3) is 2.95. The van der Waals surface area contributed by atoms with Crippen LogP contribution < -0.4 is 5.32 Å². The molecule has 1 aliphatic heterocycles. The highest BCUT2D eigenvalue weighted by Crippen LogP contribution is 2.35. The van der Waals surface area contributed by atoms with Crippen molar-refractivity contribution in [3.05, 3.63) is 0 Å². The van der Waals surface area contributed by atoms with Gasteiger partial charge in [0.1, 0.15) is 0 Å². The molecular weight excluding hydrogens is 240 g/mol. The van der Waals surface area contributed by atoms with Crippen LogP contribution in [0, 0.1) is 5.92 Å². The molecule has 2 saturated carbocycles. The molecule has 0 radical (unpaired) electrons. The van der Waals surface area contributed by atoms with E-state index in [-0.39, 0.29) is 24.0 Å². The van der Waals surface area contributed by atoms with Gasteiger partial charge < -0.3 is 10.4 Å². The molecule has 0 aromatic carbocycles. The molecule has 0 aromatic rings. The van der Waals surface area contributed by atoms with Gasteiger partial charge in [-0.2, -0.15) is 0 Å². The Bertz CT molecular complexity index is 335. The summed E-state index contributed by atoms with van der Waals surface area (Å²) in [7, 11) is 0. The summed E-state index contributed by atoms with van der Waals surface area (Å²) in [4.78, 5) is 14.8. The van der Waals surface area contributed by atoms with Crippen LogP contribution in [0.4, 0.5) is 0 Å². The molecular formula is C15H26N2O2. The lowest BCUT2D eigenvalue weighted by molar-refractivity contribution is -0.126. The molecule has 3 rings (SSSR count). The lowest BCUT2D eigenvalue weighted by Gasteiger charge is -2.31. The van der Waals surface area contributed by atoms with Gasteiger partial charge in [-0.15, -0.1) is 0 Å². The second-order valence-electron chi connectivity index (χ2n) is 6.70. The maximum Gasteiger partial charge on any atom is 0.224 e. The number of aliphatic hydroxyl groups is 1. The van der Waals surface area contributed by atoms with Crippen molar-refractivity contribution in [1.82, 2.24) is 10.2 Å². The van der Waals surface area contributed by atoms with Crippen LogP contribution in [0.3, 0.4) is 0 Å². The van der Waals surface area contributed by atoms with Gasteiger partial charge in [-0.3, -0.25) is 9.69 Å². The second kappa shape index (κ2) is 5.41. The lowest BCUT2D eigenvalue weighted by atomic mass is 9.94. The van der Waals surface area contributed by atoms with Crippen molar-refractivity contribution in [3.8, 4) is 0 Å². The van der Waals surface area contributed by atoms with Crippen molar-refractivity contribution < 1.29 is 9.90 Å². The molecule has 0 spiro atoms. The van der Waals surface area contributed by atoms with Crippen LogP contribution in [0.5, 0.6) is 0 Å². The van der Waals surface area contributed by atoms with Crippen molar-refractivity contribution in [2.24, 2.45) is 5.92 Å². The predicted molar refractivity (Wildman–Crippen MR) is 73.7 cm³/mol. The minimum absolute atomic E-state index is 0.0950. The minimum atomic E-state index is -0.255. The summed E-state index contributed by atoms with van der Waals surface area (Å²) in [6.07, 6.45) is 9.58. The highest BCUT2D eigenvalue weighted by Gasteiger charge is 2.45. The van der Waals surface area contributed by atoms with E-state index in [9.17, 15) is 9.90 Å². The number of hydrogen-bond acceptors (Lipinski definition) is 3. The molecule has 0 aromatic heterocycles. The van der Waals surface area contributed by atoms with E-state index >= 15 is 0 Å². The number of carbonyl (C=O) groups is 1. The van der Waals surface area contributed by atoms with E-state index in [1.165, 1.54) is 32.1 Å². The third-order valence-electron chi connectivity index (χ3n) is 5.23. The number of nitrogens with zero attached hydrogens (tertiary/aromatic N) is 1. The number of amides is 1. The van der Waals surface area contributed by atoms with E-state index in [1.54, 1.807) is 0 Å². The van der Waals surface area contributed by atoms with E-state index in [2.05, 4.69) is 10.2 Å². The molecule has 2 N–H and O–H groups in total. The first-order valence-electron chi connectivity index (χ1n) is 7.89. The highest BCUT2D eigenvalue weighted by molar-refractivity contribution is 5.80. The summed E-state index contributed by atoms with van der Waals surface area (Å²) >= 11 is 0. The largest absolute Gasteiger partial charge is 0.394 e. The van der Waals surface area contributed by atoms with Crippen LogP contribution in [-0.2, 0) is 4.79 Å². The Labute approximate surface area is 115 Å². The van der Waals surface area contributed by atoms with Gasteiger partial charge in [0, 0.05) is 12.6 Å². The van der Waals surface area contributed by atoms with Gasteiger partial charge in [-0.25, -0.2) is 0 Å². The molecule has 3 aliphatic rings. The third-order valence-corrected chi connectivity index (χ3v) is 5.23. The van der Waals surface area contributed by atoms with Crippen LogP contribution in [0.25, 0.3) is 0 Å². The monoisotopic (exact) mass is 266 g/mol. The van der Waals surface area contributed by atoms with Crippen molar-refractivity contribution in [1.29, 1.82) is 0 Å². The molecule has 4 heteroatoms. The van der Waals surface area contributed by atoms with E-state index in [4.69, 9.17) is 0 Å². The van der Waals surface area contributed by atoms with E-state index in [1.807, 2.05) is 0 Å². The van der Waals surface area contributed by atoms with Gasteiger partial charge >= 0.3 is 0 Å². The Hall–Kier alpha value is -0.610. The smallest absolute Gasteiger partial charge is 0.224 e. The average molecular weight is 266 g/mol. The van der Waals surface area contributed by atoms with Gasteiger partial charge in [0.05, 0.1) is 18.1 Å². The summed E-state index contributed by atoms with van der Waals surface area (Å²) in [5, 5.41) is 12.3. The van der Waals surface area contributed by atoms with Gasteiger partial charge in [0.15, 0.2) is 0 Å². The number of rotatable bonds is 4. The number of nitrogens with one attached hydrogen (secondary N) is 1.